The monoisotopic (exact) mass is 406 g/mol. The number of para-hydroxylation sites is 1. The number of carbonyl (C=O) groups excluding carboxylic acids is 1. The molecular weight excluding hydrogens is 388 g/mol. The van der Waals surface area contributed by atoms with Crippen molar-refractivity contribution in [1.82, 2.24) is 5.32 Å². The Morgan fingerprint density at radius 3 is 2.76 bits per heavy atom. The zero-order chi connectivity index (χ0) is 18.2. The molecule has 2 aromatic rings. The lowest BCUT2D eigenvalue weighted by Crippen LogP contribution is -2.26. The lowest BCUT2D eigenvalue weighted by molar-refractivity contribution is -0.384. The van der Waals surface area contributed by atoms with Crippen LogP contribution in [0.25, 0.3) is 0 Å². The van der Waals surface area contributed by atoms with Crippen molar-refractivity contribution in [3.63, 3.8) is 0 Å². The zero-order valence-corrected chi connectivity index (χ0v) is 15.4. The number of nitro groups is 1. The summed E-state index contributed by atoms with van der Waals surface area (Å²) < 4.78 is 6.49. The molecule has 0 radical (unpaired) electrons. The van der Waals surface area contributed by atoms with Crippen molar-refractivity contribution < 1.29 is 14.5 Å². The van der Waals surface area contributed by atoms with Gasteiger partial charge in [-0.15, -0.1) is 0 Å². The highest BCUT2D eigenvalue weighted by atomic mass is 79.9. The van der Waals surface area contributed by atoms with E-state index in [0.717, 1.165) is 10.2 Å². The van der Waals surface area contributed by atoms with E-state index < -0.39 is 4.92 Å². The van der Waals surface area contributed by atoms with E-state index in [2.05, 4.69) is 21.2 Å². The second kappa shape index (κ2) is 9.17. The van der Waals surface area contributed by atoms with Crippen molar-refractivity contribution in [2.45, 2.75) is 25.8 Å². The number of amides is 1. The molecule has 0 fully saturated rings. The fourth-order valence-corrected chi connectivity index (χ4v) is 2.68. The van der Waals surface area contributed by atoms with E-state index in [0.29, 0.717) is 25.0 Å². The van der Waals surface area contributed by atoms with Gasteiger partial charge in [-0.3, -0.25) is 14.9 Å². The van der Waals surface area contributed by atoms with E-state index in [1.807, 2.05) is 24.3 Å². The summed E-state index contributed by atoms with van der Waals surface area (Å²) >= 11 is 3.40. The average molecular weight is 407 g/mol. The molecule has 0 saturated heterocycles. The predicted molar refractivity (Wildman–Crippen MR) is 98.5 cm³/mol. The normalized spacial score (nSPS) is 11.6. The molecule has 1 N–H and O–H groups in total. The summed E-state index contributed by atoms with van der Waals surface area (Å²) in [5, 5.41) is 13.7. The van der Waals surface area contributed by atoms with E-state index >= 15 is 0 Å². The Hall–Kier alpha value is -2.41. The molecule has 2 aromatic carbocycles. The van der Waals surface area contributed by atoms with Gasteiger partial charge in [-0.1, -0.05) is 24.3 Å². The second-order valence-electron chi connectivity index (χ2n) is 5.52. The third kappa shape index (κ3) is 5.86. The third-order valence-corrected chi connectivity index (χ3v) is 4.26. The predicted octanol–water partition coefficient (Wildman–Crippen LogP) is 4.39. The molecule has 7 heteroatoms. The van der Waals surface area contributed by atoms with Gasteiger partial charge in [0.25, 0.3) is 5.69 Å². The molecule has 2 rings (SSSR count). The van der Waals surface area contributed by atoms with Gasteiger partial charge >= 0.3 is 0 Å². The number of benzene rings is 2. The Labute approximate surface area is 154 Å². The van der Waals surface area contributed by atoms with Gasteiger partial charge in [0.1, 0.15) is 5.75 Å². The van der Waals surface area contributed by atoms with Gasteiger partial charge in [0.2, 0.25) is 5.91 Å². The number of carbonyl (C=O) groups is 1. The lowest BCUT2D eigenvalue weighted by atomic mass is 10.1. The summed E-state index contributed by atoms with van der Waals surface area (Å²) in [7, 11) is 0. The fourth-order valence-electron chi connectivity index (χ4n) is 2.28. The van der Waals surface area contributed by atoms with Gasteiger partial charge < -0.3 is 10.1 Å². The minimum absolute atomic E-state index is 0.0143. The van der Waals surface area contributed by atoms with E-state index in [-0.39, 0.29) is 17.6 Å². The Bertz CT molecular complexity index is 751. The maximum atomic E-state index is 12.0. The number of nitrogens with zero attached hydrogens (tertiary/aromatic N) is 1. The summed E-state index contributed by atoms with van der Waals surface area (Å²) in [6, 6.07) is 13.5. The first kappa shape index (κ1) is 18.9. The number of non-ortho nitro benzene ring substituents is 1. The number of halogens is 1. The molecule has 0 bridgehead atoms. The van der Waals surface area contributed by atoms with Gasteiger partial charge in [0.05, 0.1) is 22.0 Å². The molecule has 6 nitrogen and oxygen atoms in total. The zero-order valence-electron chi connectivity index (χ0n) is 13.8. The van der Waals surface area contributed by atoms with E-state index in [1.54, 1.807) is 19.1 Å². The number of nitrogens with one attached hydrogen (secondary N) is 1. The standard InChI is InChI=1S/C18H19BrN2O4/c1-13(14-6-4-7-15(12-14)21(23)24)20-18(22)10-5-11-25-17-9-3-2-8-16(17)19/h2-4,6-9,12-13H,5,10-11H2,1H3,(H,20,22). The summed E-state index contributed by atoms with van der Waals surface area (Å²) in [6.07, 6.45) is 0.901. The van der Waals surface area contributed by atoms with Gasteiger partial charge in [-0.05, 0) is 47.0 Å². The molecule has 0 aliphatic carbocycles. The van der Waals surface area contributed by atoms with Gasteiger partial charge in [-0.2, -0.15) is 0 Å². The van der Waals surface area contributed by atoms with E-state index in [9.17, 15) is 14.9 Å². The molecular formula is C18H19BrN2O4. The molecule has 1 atom stereocenters. The first-order valence-electron chi connectivity index (χ1n) is 7.88. The Kier molecular flexibility index (Phi) is 6.94. The number of hydrogen-bond donors (Lipinski definition) is 1. The highest BCUT2D eigenvalue weighted by molar-refractivity contribution is 9.10. The minimum Gasteiger partial charge on any atom is -0.492 e. The maximum absolute atomic E-state index is 12.0. The molecule has 1 unspecified atom stereocenters. The highest BCUT2D eigenvalue weighted by Crippen LogP contribution is 2.24. The molecule has 0 spiro atoms. The molecule has 0 saturated carbocycles. The highest BCUT2D eigenvalue weighted by Gasteiger charge is 2.13. The van der Waals surface area contributed by atoms with Crippen molar-refractivity contribution in [3.05, 3.63) is 68.7 Å². The fraction of sp³-hybridized carbons (Fsp3) is 0.278. The summed E-state index contributed by atoms with van der Waals surface area (Å²) in [6.45, 7) is 2.23. The van der Waals surface area contributed by atoms with Crippen LogP contribution in [0.4, 0.5) is 5.69 Å². The van der Waals surface area contributed by atoms with Crippen LogP contribution in [0.1, 0.15) is 31.4 Å². The summed E-state index contributed by atoms with van der Waals surface area (Å²) in [5.74, 6) is 0.627. The SMILES string of the molecule is CC(NC(=O)CCCOc1ccccc1Br)c1cccc([N+](=O)[O-])c1. The first-order valence-corrected chi connectivity index (χ1v) is 8.67. The van der Waals surface area contributed by atoms with Crippen LogP contribution >= 0.6 is 15.9 Å². The molecule has 0 aliphatic rings. The van der Waals surface area contributed by atoms with E-state index in [4.69, 9.17) is 4.74 Å². The number of ether oxygens (including phenoxy) is 1. The van der Waals surface area contributed by atoms with Gasteiger partial charge in [0, 0.05) is 18.6 Å². The molecule has 1 amide bonds. The largest absolute Gasteiger partial charge is 0.492 e. The third-order valence-electron chi connectivity index (χ3n) is 3.60. The summed E-state index contributed by atoms with van der Waals surface area (Å²) in [4.78, 5) is 22.4. The van der Waals surface area contributed by atoms with Crippen LogP contribution in [-0.4, -0.2) is 17.4 Å². The Balaban J connectivity index is 1.77. The van der Waals surface area contributed by atoms with Crippen molar-refractivity contribution in [3.8, 4) is 5.75 Å². The van der Waals surface area contributed by atoms with Crippen molar-refractivity contribution in [2.24, 2.45) is 0 Å². The minimum atomic E-state index is -0.447. The Morgan fingerprint density at radius 2 is 2.04 bits per heavy atom. The molecule has 0 aromatic heterocycles. The van der Waals surface area contributed by atoms with Crippen molar-refractivity contribution in [2.75, 3.05) is 6.61 Å². The van der Waals surface area contributed by atoms with Crippen LogP contribution in [0.3, 0.4) is 0 Å². The maximum Gasteiger partial charge on any atom is 0.269 e. The molecule has 25 heavy (non-hydrogen) atoms. The number of hydrogen-bond acceptors (Lipinski definition) is 4. The van der Waals surface area contributed by atoms with Crippen molar-refractivity contribution >= 4 is 27.5 Å². The van der Waals surface area contributed by atoms with Crippen LogP contribution in [0.2, 0.25) is 0 Å². The summed E-state index contributed by atoms with van der Waals surface area (Å²) in [5.41, 5.74) is 0.715. The first-order chi connectivity index (χ1) is 12.0. The topological polar surface area (TPSA) is 81.5 Å². The quantitative estimate of drug-likeness (QED) is 0.400. The molecule has 0 aliphatic heterocycles. The number of rotatable bonds is 8. The average Bonchev–Trinajstić information content (AvgIpc) is 2.60. The van der Waals surface area contributed by atoms with Crippen LogP contribution in [0.15, 0.2) is 53.0 Å². The molecule has 0 heterocycles. The van der Waals surface area contributed by atoms with Gasteiger partial charge in [-0.25, -0.2) is 0 Å². The van der Waals surface area contributed by atoms with Crippen LogP contribution in [-0.2, 0) is 4.79 Å². The molecule has 132 valence electrons. The van der Waals surface area contributed by atoms with Crippen LogP contribution < -0.4 is 10.1 Å². The van der Waals surface area contributed by atoms with E-state index in [1.165, 1.54) is 12.1 Å². The number of nitro benzene ring substituents is 1. The second-order valence-corrected chi connectivity index (χ2v) is 6.38. The van der Waals surface area contributed by atoms with Crippen LogP contribution in [0.5, 0.6) is 5.75 Å². The smallest absolute Gasteiger partial charge is 0.269 e. The van der Waals surface area contributed by atoms with Gasteiger partial charge in [0.15, 0.2) is 0 Å². The van der Waals surface area contributed by atoms with Crippen LogP contribution in [0, 0.1) is 10.1 Å². The lowest BCUT2D eigenvalue weighted by Gasteiger charge is -2.14. The Morgan fingerprint density at radius 1 is 1.28 bits per heavy atom. The van der Waals surface area contributed by atoms with Crippen molar-refractivity contribution in [1.29, 1.82) is 0 Å².